The first-order valence-electron chi connectivity index (χ1n) is 6.55. The molecule has 3 nitrogen and oxygen atoms in total. The van der Waals surface area contributed by atoms with Crippen LogP contribution in [0.15, 0.2) is 30.5 Å². The molecule has 3 N–H and O–H groups in total. The van der Waals surface area contributed by atoms with E-state index < -0.39 is 0 Å². The van der Waals surface area contributed by atoms with Gasteiger partial charge in [0, 0.05) is 23.8 Å². The molecule has 2 aromatic rings. The Kier molecular flexibility index (Phi) is 4.03. The molecule has 0 saturated heterocycles. The van der Waals surface area contributed by atoms with Gasteiger partial charge in [-0.2, -0.15) is 0 Å². The SMILES string of the molecule is CC(C)CCCNc1ccc(N)c2cccnc12. The number of fused-ring (bicyclic) bond motifs is 1. The van der Waals surface area contributed by atoms with Crippen molar-refractivity contribution in [3.63, 3.8) is 0 Å². The van der Waals surface area contributed by atoms with Crippen molar-refractivity contribution in [2.75, 3.05) is 17.6 Å². The fraction of sp³-hybridized carbons (Fsp3) is 0.400. The highest BCUT2D eigenvalue weighted by Gasteiger charge is 2.04. The van der Waals surface area contributed by atoms with E-state index in [-0.39, 0.29) is 0 Å². The Bertz CT molecular complexity index is 520. The largest absolute Gasteiger partial charge is 0.398 e. The van der Waals surface area contributed by atoms with Gasteiger partial charge in [-0.3, -0.25) is 4.98 Å². The summed E-state index contributed by atoms with van der Waals surface area (Å²) in [5, 5.41) is 4.47. The quantitative estimate of drug-likeness (QED) is 0.622. The fourth-order valence-electron chi connectivity index (χ4n) is 2.07. The van der Waals surface area contributed by atoms with Gasteiger partial charge in [-0.05, 0) is 43.0 Å². The predicted molar refractivity (Wildman–Crippen MR) is 78.7 cm³/mol. The lowest BCUT2D eigenvalue weighted by atomic mass is 10.1. The maximum Gasteiger partial charge on any atom is 0.0953 e. The maximum absolute atomic E-state index is 5.95. The smallest absolute Gasteiger partial charge is 0.0953 e. The first-order chi connectivity index (χ1) is 8.68. The number of benzene rings is 1. The van der Waals surface area contributed by atoms with Crippen molar-refractivity contribution in [3.05, 3.63) is 30.5 Å². The fourth-order valence-corrected chi connectivity index (χ4v) is 2.07. The molecule has 2 rings (SSSR count). The van der Waals surface area contributed by atoms with Crippen LogP contribution in [-0.2, 0) is 0 Å². The number of hydrogen-bond donors (Lipinski definition) is 2. The van der Waals surface area contributed by atoms with Gasteiger partial charge in [0.25, 0.3) is 0 Å². The second-order valence-corrected chi connectivity index (χ2v) is 5.06. The van der Waals surface area contributed by atoms with Crippen molar-refractivity contribution in [2.45, 2.75) is 26.7 Å². The summed E-state index contributed by atoms with van der Waals surface area (Å²) in [6, 6.07) is 7.88. The molecule has 0 amide bonds. The molecule has 0 saturated carbocycles. The van der Waals surface area contributed by atoms with Crippen LogP contribution in [0.3, 0.4) is 0 Å². The van der Waals surface area contributed by atoms with Gasteiger partial charge in [-0.25, -0.2) is 0 Å². The Hall–Kier alpha value is -1.77. The zero-order valence-corrected chi connectivity index (χ0v) is 11.1. The minimum Gasteiger partial charge on any atom is -0.398 e. The minimum absolute atomic E-state index is 0.757. The number of nitrogens with two attached hydrogens (primary N) is 1. The Morgan fingerprint density at radius 1 is 1.28 bits per heavy atom. The molecular weight excluding hydrogens is 222 g/mol. The van der Waals surface area contributed by atoms with Crippen molar-refractivity contribution in [3.8, 4) is 0 Å². The predicted octanol–water partition coefficient (Wildman–Crippen LogP) is 3.67. The number of nitrogen functional groups attached to an aromatic ring is 1. The van der Waals surface area contributed by atoms with Crippen molar-refractivity contribution in [1.29, 1.82) is 0 Å². The molecule has 1 heterocycles. The summed E-state index contributed by atoms with van der Waals surface area (Å²) in [5.74, 6) is 0.757. The van der Waals surface area contributed by atoms with Crippen LogP contribution in [0.2, 0.25) is 0 Å². The van der Waals surface area contributed by atoms with Gasteiger partial charge in [-0.15, -0.1) is 0 Å². The van der Waals surface area contributed by atoms with Crippen LogP contribution < -0.4 is 11.1 Å². The highest BCUT2D eigenvalue weighted by Crippen LogP contribution is 2.26. The first kappa shape index (κ1) is 12.7. The lowest BCUT2D eigenvalue weighted by Gasteiger charge is -2.11. The van der Waals surface area contributed by atoms with E-state index in [0.29, 0.717) is 0 Å². The Balaban J connectivity index is 2.11. The van der Waals surface area contributed by atoms with Crippen molar-refractivity contribution >= 4 is 22.3 Å². The molecule has 0 atom stereocenters. The van der Waals surface area contributed by atoms with E-state index in [1.54, 1.807) is 6.20 Å². The molecule has 0 aliphatic heterocycles. The highest BCUT2D eigenvalue weighted by atomic mass is 14.9. The average molecular weight is 243 g/mol. The summed E-state index contributed by atoms with van der Waals surface area (Å²) in [7, 11) is 0. The summed E-state index contributed by atoms with van der Waals surface area (Å²) in [6.07, 6.45) is 4.23. The van der Waals surface area contributed by atoms with Crippen molar-refractivity contribution in [1.82, 2.24) is 4.98 Å². The van der Waals surface area contributed by atoms with Crippen LogP contribution in [0.5, 0.6) is 0 Å². The number of nitrogens with one attached hydrogen (secondary N) is 1. The van der Waals surface area contributed by atoms with E-state index in [9.17, 15) is 0 Å². The molecule has 0 unspecified atom stereocenters. The number of hydrogen-bond acceptors (Lipinski definition) is 3. The summed E-state index contributed by atoms with van der Waals surface area (Å²) >= 11 is 0. The first-order valence-corrected chi connectivity index (χ1v) is 6.55. The molecule has 1 aromatic heterocycles. The number of aromatic nitrogens is 1. The second-order valence-electron chi connectivity index (χ2n) is 5.06. The summed E-state index contributed by atoms with van der Waals surface area (Å²) in [5.41, 5.74) is 8.77. The Morgan fingerprint density at radius 2 is 2.11 bits per heavy atom. The number of nitrogens with zero attached hydrogens (tertiary/aromatic N) is 1. The van der Waals surface area contributed by atoms with E-state index in [0.717, 1.165) is 34.7 Å². The Labute approximate surface area is 108 Å². The van der Waals surface area contributed by atoms with E-state index >= 15 is 0 Å². The standard InChI is InChI=1S/C15H21N3/c1-11(2)5-3-9-17-14-8-7-13(16)12-6-4-10-18-15(12)14/h4,6-8,10-11,17H,3,5,9,16H2,1-2H3. The van der Waals surface area contributed by atoms with Gasteiger partial charge in [0.15, 0.2) is 0 Å². The lowest BCUT2D eigenvalue weighted by molar-refractivity contribution is 0.567. The molecule has 0 aliphatic rings. The number of anilines is 2. The number of rotatable bonds is 5. The summed E-state index contributed by atoms with van der Waals surface area (Å²) < 4.78 is 0. The van der Waals surface area contributed by atoms with Crippen LogP contribution in [0.4, 0.5) is 11.4 Å². The summed E-state index contributed by atoms with van der Waals surface area (Å²) in [6.45, 7) is 5.48. The molecule has 3 heteroatoms. The molecule has 96 valence electrons. The van der Waals surface area contributed by atoms with E-state index in [4.69, 9.17) is 5.73 Å². The molecule has 1 aromatic carbocycles. The third kappa shape index (κ3) is 2.92. The molecule has 0 aliphatic carbocycles. The van der Waals surface area contributed by atoms with Gasteiger partial charge in [0.1, 0.15) is 0 Å². The minimum atomic E-state index is 0.757. The van der Waals surface area contributed by atoms with Crippen LogP contribution in [0, 0.1) is 5.92 Å². The molecule has 0 fully saturated rings. The van der Waals surface area contributed by atoms with Gasteiger partial charge in [0.05, 0.1) is 11.2 Å². The van der Waals surface area contributed by atoms with Crippen LogP contribution in [0.1, 0.15) is 26.7 Å². The van der Waals surface area contributed by atoms with E-state index in [1.807, 2.05) is 24.3 Å². The molecule has 0 spiro atoms. The average Bonchev–Trinajstić information content (AvgIpc) is 2.37. The second kappa shape index (κ2) is 5.71. The van der Waals surface area contributed by atoms with E-state index in [1.165, 1.54) is 12.8 Å². The van der Waals surface area contributed by atoms with Crippen LogP contribution in [-0.4, -0.2) is 11.5 Å². The van der Waals surface area contributed by atoms with Crippen molar-refractivity contribution in [2.24, 2.45) is 5.92 Å². The normalized spacial score (nSPS) is 11.1. The molecule has 0 radical (unpaired) electrons. The molecule has 18 heavy (non-hydrogen) atoms. The zero-order chi connectivity index (χ0) is 13.0. The molecule has 0 bridgehead atoms. The van der Waals surface area contributed by atoms with Gasteiger partial charge in [-0.1, -0.05) is 13.8 Å². The lowest BCUT2D eigenvalue weighted by Crippen LogP contribution is -2.04. The zero-order valence-electron chi connectivity index (χ0n) is 11.1. The Morgan fingerprint density at radius 3 is 2.89 bits per heavy atom. The van der Waals surface area contributed by atoms with Gasteiger partial charge < -0.3 is 11.1 Å². The summed E-state index contributed by atoms with van der Waals surface area (Å²) in [4.78, 5) is 4.41. The third-order valence-corrected chi connectivity index (χ3v) is 3.08. The highest BCUT2D eigenvalue weighted by molar-refractivity contribution is 5.98. The van der Waals surface area contributed by atoms with Crippen LogP contribution >= 0.6 is 0 Å². The monoisotopic (exact) mass is 243 g/mol. The number of pyridine rings is 1. The molecular formula is C15H21N3. The topological polar surface area (TPSA) is 50.9 Å². The van der Waals surface area contributed by atoms with Crippen LogP contribution in [0.25, 0.3) is 10.9 Å². The third-order valence-electron chi connectivity index (χ3n) is 3.08. The van der Waals surface area contributed by atoms with Crippen molar-refractivity contribution < 1.29 is 0 Å². The van der Waals surface area contributed by atoms with Gasteiger partial charge in [0.2, 0.25) is 0 Å². The van der Waals surface area contributed by atoms with Gasteiger partial charge >= 0.3 is 0 Å². The maximum atomic E-state index is 5.95. The van der Waals surface area contributed by atoms with E-state index in [2.05, 4.69) is 24.1 Å².